The Balaban J connectivity index is 1.83. The van der Waals surface area contributed by atoms with E-state index in [1.165, 1.54) is 18.2 Å². The van der Waals surface area contributed by atoms with Crippen LogP contribution in [-0.4, -0.2) is 61.6 Å². The minimum atomic E-state index is -0.758. The van der Waals surface area contributed by atoms with Crippen molar-refractivity contribution < 1.29 is 28.3 Å². The highest BCUT2D eigenvalue weighted by atomic mass is 16.5. The lowest BCUT2D eigenvalue weighted by atomic mass is 10.0. The van der Waals surface area contributed by atoms with Crippen LogP contribution in [0.25, 0.3) is 0 Å². The molecule has 0 aliphatic heterocycles. The summed E-state index contributed by atoms with van der Waals surface area (Å²) >= 11 is 0. The van der Waals surface area contributed by atoms with Crippen molar-refractivity contribution in [1.29, 1.82) is 0 Å². The summed E-state index contributed by atoms with van der Waals surface area (Å²) in [5, 5.41) is 3.29. The van der Waals surface area contributed by atoms with Crippen molar-refractivity contribution in [3.8, 4) is 5.75 Å². The zero-order valence-corrected chi connectivity index (χ0v) is 23.9. The second kappa shape index (κ2) is 15.6. The van der Waals surface area contributed by atoms with E-state index in [9.17, 15) is 14.4 Å². The van der Waals surface area contributed by atoms with Gasteiger partial charge in [-0.05, 0) is 60.9 Å². The molecule has 0 saturated carbocycles. The van der Waals surface area contributed by atoms with Crippen LogP contribution >= 0.6 is 0 Å². The summed E-state index contributed by atoms with van der Waals surface area (Å²) in [6.45, 7) is 5.79. The highest BCUT2D eigenvalue weighted by molar-refractivity contribution is 6.03. The fourth-order valence-electron chi connectivity index (χ4n) is 4.47. The average Bonchev–Trinajstić information content (AvgIpc) is 3.49. The van der Waals surface area contributed by atoms with Gasteiger partial charge >= 0.3 is 5.97 Å². The summed E-state index contributed by atoms with van der Waals surface area (Å²) < 4.78 is 16.6. The molecule has 41 heavy (non-hydrogen) atoms. The second-order valence-corrected chi connectivity index (χ2v) is 9.83. The zero-order valence-electron chi connectivity index (χ0n) is 23.9. The molecule has 10 nitrogen and oxygen atoms in total. The van der Waals surface area contributed by atoms with E-state index < -0.39 is 24.0 Å². The van der Waals surface area contributed by atoms with Crippen molar-refractivity contribution in [2.45, 2.75) is 51.8 Å². The number of nitrogens with two attached hydrogens (primary N) is 2. The number of nitrogens with zero attached hydrogens (tertiary/aromatic N) is 1. The smallest absolute Gasteiger partial charge is 0.338 e. The predicted octanol–water partition coefficient (Wildman–Crippen LogP) is 3.53. The van der Waals surface area contributed by atoms with Crippen molar-refractivity contribution in [3.05, 3.63) is 88.9 Å². The second-order valence-electron chi connectivity index (χ2n) is 9.83. The first kappa shape index (κ1) is 31.4. The lowest BCUT2D eigenvalue weighted by Gasteiger charge is -2.25. The average molecular weight is 565 g/mol. The Labute approximate surface area is 241 Å². The van der Waals surface area contributed by atoms with Gasteiger partial charge < -0.3 is 35.6 Å². The van der Waals surface area contributed by atoms with Gasteiger partial charge in [-0.2, -0.15) is 0 Å². The molecule has 2 amide bonds. The largest absolute Gasteiger partial charge is 0.497 e. The first-order valence-corrected chi connectivity index (χ1v) is 13.8. The van der Waals surface area contributed by atoms with Crippen LogP contribution in [0.5, 0.6) is 5.75 Å². The van der Waals surface area contributed by atoms with E-state index in [4.69, 9.17) is 25.4 Å². The number of carbonyl (C=O) groups is 3. The van der Waals surface area contributed by atoms with Gasteiger partial charge in [-0.15, -0.1) is 0 Å². The molecule has 2 unspecified atom stereocenters. The van der Waals surface area contributed by atoms with Gasteiger partial charge in [0.1, 0.15) is 17.6 Å². The standard InChI is InChI=1S/C31H40N4O6/c1-4-11-35(12-5-2)30(37)23-15-22(29(33)36)16-24(17-23)31(38)41-28(27(32)18-26-10-7-13-40-26)20-34-19-21-8-6-9-25(14-21)39-3/h6-10,13-17,27-28,34H,4-5,11-12,18-20,32H2,1-3H3,(H2,33,36). The molecule has 3 aromatic rings. The number of ether oxygens (including phenoxy) is 2. The van der Waals surface area contributed by atoms with E-state index in [2.05, 4.69) is 5.32 Å². The van der Waals surface area contributed by atoms with Gasteiger partial charge in [-0.1, -0.05) is 26.0 Å². The Morgan fingerprint density at radius 2 is 1.68 bits per heavy atom. The van der Waals surface area contributed by atoms with Gasteiger partial charge in [-0.3, -0.25) is 9.59 Å². The SMILES string of the molecule is CCCN(CCC)C(=O)c1cc(C(N)=O)cc(C(=O)OC(CNCc2cccc(OC)c2)C(N)Cc2ccco2)c1. The lowest BCUT2D eigenvalue weighted by molar-refractivity contribution is 0.0234. The maximum Gasteiger partial charge on any atom is 0.338 e. The number of primary amides is 1. The molecule has 0 radical (unpaired) electrons. The Kier molecular flexibility index (Phi) is 11.9. The predicted molar refractivity (Wildman–Crippen MR) is 156 cm³/mol. The first-order valence-electron chi connectivity index (χ1n) is 13.8. The summed E-state index contributed by atoms with van der Waals surface area (Å²) in [6, 6.07) is 14.8. The van der Waals surface area contributed by atoms with E-state index in [1.54, 1.807) is 30.4 Å². The highest BCUT2D eigenvalue weighted by Crippen LogP contribution is 2.17. The molecule has 5 N–H and O–H groups in total. The topological polar surface area (TPSA) is 150 Å². The lowest BCUT2D eigenvalue weighted by Crippen LogP contribution is -2.45. The van der Waals surface area contributed by atoms with E-state index in [-0.39, 0.29) is 29.1 Å². The summed E-state index contributed by atoms with van der Waals surface area (Å²) in [5.74, 6) is -0.364. The molecule has 3 rings (SSSR count). The van der Waals surface area contributed by atoms with Crippen LogP contribution in [0.1, 0.15) is 69.1 Å². The fraction of sp³-hybridized carbons (Fsp3) is 0.387. The van der Waals surface area contributed by atoms with E-state index >= 15 is 0 Å². The van der Waals surface area contributed by atoms with Crippen LogP contribution in [0.15, 0.2) is 65.3 Å². The molecule has 10 heteroatoms. The zero-order chi connectivity index (χ0) is 29.8. The first-order chi connectivity index (χ1) is 19.7. The Bertz CT molecular complexity index is 1290. The van der Waals surface area contributed by atoms with E-state index in [0.717, 1.165) is 24.2 Å². The maximum absolute atomic E-state index is 13.4. The van der Waals surface area contributed by atoms with Crippen LogP contribution in [0, 0.1) is 0 Å². The summed E-state index contributed by atoms with van der Waals surface area (Å²) in [6.07, 6.45) is 2.67. The van der Waals surface area contributed by atoms with Gasteiger partial charge in [0.25, 0.3) is 5.91 Å². The number of rotatable bonds is 16. The van der Waals surface area contributed by atoms with Crippen molar-refractivity contribution in [2.24, 2.45) is 11.5 Å². The van der Waals surface area contributed by atoms with Crippen molar-refractivity contribution >= 4 is 17.8 Å². The van der Waals surface area contributed by atoms with Gasteiger partial charge in [0.15, 0.2) is 0 Å². The third-order valence-corrected chi connectivity index (χ3v) is 6.54. The molecule has 1 aromatic heterocycles. The van der Waals surface area contributed by atoms with Gasteiger partial charge in [-0.25, -0.2) is 4.79 Å². The molecule has 0 aliphatic rings. The molecule has 0 aliphatic carbocycles. The Hall–Kier alpha value is -4.15. The van der Waals surface area contributed by atoms with Crippen LogP contribution in [0.2, 0.25) is 0 Å². The van der Waals surface area contributed by atoms with Gasteiger partial charge in [0.05, 0.1) is 18.9 Å². The number of nitrogens with one attached hydrogen (secondary N) is 1. The van der Waals surface area contributed by atoms with Crippen LogP contribution in [0.4, 0.5) is 0 Å². The van der Waals surface area contributed by atoms with Crippen LogP contribution in [0.3, 0.4) is 0 Å². The van der Waals surface area contributed by atoms with Crippen LogP contribution in [-0.2, 0) is 17.7 Å². The number of benzene rings is 2. The molecule has 2 atom stereocenters. The fourth-order valence-corrected chi connectivity index (χ4v) is 4.47. The normalized spacial score (nSPS) is 12.4. The van der Waals surface area contributed by atoms with Crippen molar-refractivity contribution in [1.82, 2.24) is 10.2 Å². The molecule has 0 spiro atoms. The number of esters is 1. The molecular weight excluding hydrogens is 524 g/mol. The van der Waals surface area contributed by atoms with Crippen LogP contribution < -0.4 is 21.5 Å². The molecule has 220 valence electrons. The van der Waals surface area contributed by atoms with E-state index in [0.29, 0.717) is 31.8 Å². The number of furan rings is 1. The van der Waals surface area contributed by atoms with Gasteiger partial charge in [0.2, 0.25) is 5.91 Å². The quantitative estimate of drug-likeness (QED) is 0.224. The molecule has 1 heterocycles. The molecule has 0 fully saturated rings. The molecule has 2 aromatic carbocycles. The minimum absolute atomic E-state index is 0.0422. The maximum atomic E-state index is 13.4. The highest BCUT2D eigenvalue weighted by Gasteiger charge is 2.26. The molecule has 0 bridgehead atoms. The molecular formula is C31H40N4O6. The number of hydrogen-bond acceptors (Lipinski definition) is 8. The Morgan fingerprint density at radius 1 is 0.976 bits per heavy atom. The third kappa shape index (κ3) is 9.19. The summed E-state index contributed by atoms with van der Waals surface area (Å²) in [5.41, 5.74) is 13.3. The van der Waals surface area contributed by atoms with E-state index in [1.807, 2.05) is 38.1 Å². The van der Waals surface area contributed by atoms with Crippen molar-refractivity contribution in [2.75, 3.05) is 26.7 Å². The van der Waals surface area contributed by atoms with Crippen molar-refractivity contribution in [3.63, 3.8) is 0 Å². The summed E-state index contributed by atoms with van der Waals surface area (Å²) in [7, 11) is 1.60. The summed E-state index contributed by atoms with van der Waals surface area (Å²) in [4.78, 5) is 40.5. The minimum Gasteiger partial charge on any atom is -0.497 e. The number of amides is 2. The van der Waals surface area contributed by atoms with Gasteiger partial charge in [0, 0.05) is 49.8 Å². The third-order valence-electron chi connectivity index (χ3n) is 6.54. The Morgan fingerprint density at radius 3 is 2.32 bits per heavy atom. The monoisotopic (exact) mass is 564 g/mol. The number of methoxy groups -OCH3 is 1. The number of carbonyl (C=O) groups excluding carboxylic acids is 3. The number of hydrogen-bond donors (Lipinski definition) is 3. The molecule has 0 saturated heterocycles.